The quantitative estimate of drug-likeness (QED) is 0.380. The van der Waals surface area contributed by atoms with Gasteiger partial charge in [0.2, 0.25) is 0 Å². The zero-order chi connectivity index (χ0) is 11.9. The van der Waals surface area contributed by atoms with Crippen LogP contribution in [0.4, 0.5) is 0 Å². The summed E-state index contributed by atoms with van der Waals surface area (Å²) in [4.78, 5) is 22.4. The van der Waals surface area contributed by atoms with E-state index >= 15 is 0 Å². The van der Waals surface area contributed by atoms with Gasteiger partial charge >= 0.3 is 5.97 Å². The summed E-state index contributed by atoms with van der Waals surface area (Å²) in [6, 6.07) is 0. The average molecular weight is 215 g/mol. The van der Waals surface area contributed by atoms with Gasteiger partial charge in [-0.05, 0) is 13.3 Å². The van der Waals surface area contributed by atoms with Gasteiger partial charge in [0.25, 0.3) is 11.7 Å². The van der Waals surface area contributed by atoms with Gasteiger partial charge in [0, 0.05) is 19.0 Å². The first-order valence-corrected chi connectivity index (χ1v) is 4.86. The lowest BCUT2D eigenvalue weighted by molar-refractivity contribution is -0.209. The van der Waals surface area contributed by atoms with Crippen molar-refractivity contribution in [2.45, 2.75) is 32.5 Å². The second-order valence-corrected chi connectivity index (χ2v) is 3.02. The van der Waals surface area contributed by atoms with Gasteiger partial charge in [-0.15, -0.1) is 0 Å². The molecular weight excluding hydrogens is 198 g/mol. The molecule has 0 radical (unpaired) electrons. The van der Waals surface area contributed by atoms with Crippen LogP contribution in [0.1, 0.15) is 26.7 Å². The van der Waals surface area contributed by atoms with Crippen LogP contribution in [-0.4, -0.2) is 29.3 Å². The lowest BCUT2D eigenvalue weighted by Gasteiger charge is -2.25. The second-order valence-electron chi connectivity index (χ2n) is 3.02. The summed E-state index contributed by atoms with van der Waals surface area (Å²) < 4.78 is 4.63. The number of nitrogens with one attached hydrogen (secondary N) is 1. The molecule has 1 unspecified atom stereocenters. The molecule has 0 spiro atoms. The normalized spacial score (nSPS) is 13.8. The standard InChI is InChI=1S/C10H17NO4/c1-4-7-10(14,9(13)11-6-3)15-8(12)5-2/h5,14H,2,4,6-7H2,1,3H3,(H,11,13). The van der Waals surface area contributed by atoms with Crippen molar-refractivity contribution in [3.05, 3.63) is 12.7 Å². The van der Waals surface area contributed by atoms with Crippen LogP contribution in [0, 0.1) is 0 Å². The molecule has 0 heterocycles. The average Bonchev–Trinajstić information content (AvgIpc) is 2.18. The van der Waals surface area contributed by atoms with E-state index in [1.54, 1.807) is 13.8 Å². The maximum absolute atomic E-state index is 11.4. The number of amides is 1. The number of ether oxygens (including phenoxy) is 1. The Labute approximate surface area is 89.1 Å². The highest BCUT2D eigenvalue weighted by Crippen LogP contribution is 2.15. The lowest BCUT2D eigenvalue weighted by atomic mass is 10.1. The van der Waals surface area contributed by atoms with Gasteiger partial charge < -0.3 is 15.2 Å². The van der Waals surface area contributed by atoms with Crippen molar-refractivity contribution >= 4 is 11.9 Å². The number of rotatable bonds is 6. The Morgan fingerprint density at radius 2 is 2.13 bits per heavy atom. The monoisotopic (exact) mass is 215 g/mol. The van der Waals surface area contributed by atoms with Crippen LogP contribution in [0.25, 0.3) is 0 Å². The van der Waals surface area contributed by atoms with E-state index in [4.69, 9.17) is 0 Å². The first kappa shape index (κ1) is 13.6. The molecule has 0 aromatic rings. The Bertz CT molecular complexity index is 252. The largest absolute Gasteiger partial charge is 0.420 e. The molecule has 0 aliphatic heterocycles. The molecule has 0 aromatic heterocycles. The van der Waals surface area contributed by atoms with Crippen molar-refractivity contribution in [2.75, 3.05) is 6.54 Å². The summed E-state index contributed by atoms with van der Waals surface area (Å²) in [6.07, 6.45) is 1.47. The topological polar surface area (TPSA) is 75.6 Å². The van der Waals surface area contributed by atoms with Gasteiger partial charge in [-0.25, -0.2) is 4.79 Å². The van der Waals surface area contributed by atoms with E-state index in [0.29, 0.717) is 13.0 Å². The third-order valence-corrected chi connectivity index (χ3v) is 1.72. The lowest BCUT2D eigenvalue weighted by Crippen LogP contribution is -2.49. The number of aliphatic hydroxyl groups is 1. The van der Waals surface area contributed by atoms with Crippen LogP contribution in [0.15, 0.2) is 12.7 Å². The second kappa shape index (κ2) is 6.19. The molecule has 5 heteroatoms. The molecule has 0 aromatic carbocycles. The number of carbonyl (C=O) groups is 2. The smallest absolute Gasteiger partial charge is 0.333 e. The van der Waals surface area contributed by atoms with Crippen molar-refractivity contribution in [1.29, 1.82) is 0 Å². The Balaban J connectivity index is 4.63. The van der Waals surface area contributed by atoms with E-state index in [2.05, 4.69) is 16.6 Å². The van der Waals surface area contributed by atoms with E-state index in [0.717, 1.165) is 6.08 Å². The third kappa shape index (κ3) is 4.12. The highest BCUT2D eigenvalue weighted by Gasteiger charge is 2.38. The highest BCUT2D eigenvalue weighted by molar-refractivity contribution is 5.88. The molecule has 0 bridgehead atoms. The molecule has 5 nitrogen and oxygen atoms in total. The summed E-state index contributed by atoms with van der Waals surface area (Å²) in [5, 5.41) is 12.2. The van der Waals surface area contributed by atoms with Crippen LogP contribution in [-0.2, 0) is 14.3 Å². The molecule has 2 N–H and O–H groups in total. The number of likely N-dealkylation sites (N-methyl/N-ethyl adjacent to an activating group) is 1. The number of hydrogen-bond donors (Lipinski definition) is 2. The Morgan fingerprint density at radius 1 is 1.53 bits per heavy atom. The van der Waals surface area contributed by atoms with Crippen LogP contribution in [0.5, 0.6) is 0 Å². The zero-order valence-electron chi connectivity index (χ0n) is 9.08. The van der Waals surface area contributed by atoms with E-state index in [1.807, 2.05) is 0 Å². The maximum Gasteiger partial charge on any atom is 0.333 e. The fourth-order valence-electron chi connectivity index (χ4n) is 1.06. The molecule has 86 valence electrons. The van der Waals surface area contributed by atoms with Gasteiger partial charge in [0.1, 0.15) is 0 Å². The van der Waals surface area contributed by atoms with Gasteiger partial charge in [-0.3, -0.25) is 4.79 Å². The highest BCUT2D eigenvalue weighted by atomic mass is 16.7. The summed E-state index contributed by atoms with van der Waals surface area (Å²) in [6.45, 7) is 7.03. The Morgan fingerprint density at radius 3 is 2.53 bits per heavy atom. The van der Waals surface area contributed by atoms with E-state index in [-0.39, 0.29) is 6.42 Å². The van der Waals surface area contributed by atoms with Crippen LogP contribution in [0.2, 0.25) is 0 Å². The van der Waals surface area contributed by atoms with Gasteiger partial charge in [0.05, 0.1) is 0 Å². The molecular formula is C10H17NO4. The molecule has 0 rings (SSSR count). The molecule has 0 saturated heterocycles. The van der Waals surface area contributed by atoms with Crippen LogP contribution in [0.3, 0.4) is 0 Å². The number of hydrogen-bond acceptors (Lipinski definition) is 4. The van der Waals surface area contributed by atoms with Crippen LogP contribution >= 0.6 is 0 Å². The van der Waals surface area contributed by atoms with Crippen molar-refractivity contribution in [1.82, 2.24) is 5.32 Å². The first-order valence-electron chi connectivity index (χ1n) is 4.86. The number of carbonyl (C=O) groups excluding carboxylic acids is 2. The van der Waals surface area contributed by atoms with Crippen molar-refractivity contribution in [2.24, 2.45) is 0 Å². The summed E-state index contributed by atoms with van der Waals surface area (Å²) in [5.74, 6) is -3.62. The molecule has 0 saturated carbocycles. The van der Waals surface area contributed by atoms with Gasteiger partial charge in [-0.2, -0.15) is 0 Å². The molecule has 15 heavy (non-hydrogen) atoms. The van der Waals surface area contributed by atoms with E-state index in [9.17, 15) is 14.7 Å². The summed E-state index contributed by atoms with van der Waals surface area (Å²) in [5.41, 5.74) is 0. The Kier molecular flexibility index (Phi) is 5.62. The molecule has 0 fully saturated rings. The fraction of sp³-hybridized carbons (Fsp3) is 0.600. The molecule has 0 aliphatic rings. The van der Waals surface area contributed by atoms with Crippen molar-refractivity contribution in [3.63, 3.8) is 0 Å². The molecule has 0 aliphatic carbocycles. The predicted octanol–water partition coefficient (Wildman–Crippen LogP) is 0.340. The molecule has 1 atom stereocenters. The zero-order valence-corrected chi connectivity index (χ0v) is 9.08. The minimum absolute atomic E-state index is 0.0540. The Hall–Kier alpha value is -1.36. The fourth-order valence-corrected chi connectivity index (χ4v) is 1.06. The van der Waals surface area contributed by atoms with E-state index in [1.165, 1.54) is 0 Å². The van der Waals surface area contributed by atoms with Crippen LogP contribution < -0.4 is 5.32 Å². The third-order valence-electron chi connectivity index (χ3n) is 1.72. The minimum Gasteiger partial charge on any atom is -0.420 e. The number of esters is 1. The van der Waals surface area contributed by atoms with Crippen molar-refractivity contribution < 1.29 is 19.4 Å². The van der Waals surface area contributed by atoms with Gasteiger partial charge in [-0.1, -0.05) is 13.5 Å². The first-order chi connectivity index (χ1) is 7.00. The summed E-state index contributed by atoms with van der Waals surface area (Å²) >= 11 is 0. The SMILES string of the molecule is C=CC(=O)OC(O)(CCC)C(=O)NCC. The maximum atomic E-state index is 11.4. The van der Waals surface area contributed by atoms with Gasteiger partial charge in [0.15, 0.2) is 0 Å². The van der Waals surface area contributed by atoms with Crippen molar-refractivity contribution in [3.8, 4) is 0 Å². The van der Waals surface area contributed by atoms with E-state index < -0.39 is 17.7 Å². The predicted molar refractivity (Wildman–Crippen MR) is 54.8 cm³/mol. The molecule has 1 amide bonds. The summed E-state index contributed by atoms with van der Waals surface area (Å²) in [7, 11) is 0. The minimum atomic E-state index is -2.09.